The van der Waals surface area contributed by atoms with Crippen LogP contribution in [0.3, 0.4) is 0 Å². The second-order valence-corrected chi connectivity index (χ2v) is 11.9. The largest absolute Gasteiger partial charge is 0.477 e. The van der Waals surface area contributed by atoms with Crippen LogP contribution in [0.25, 0.3) is 11.9 Å². The lowest BCUT2D eigenvalue weighted by molar-refractivity contribution is -0.114. The number of aliphatic hydroxyl groups is 1. The summed E-state index contributed by atoms with van der Waals surface area (Å²) < 4.78 is 15.4. The van der Waals surface area contributed by atoms with Crippen LogP contribution in [0, 0.1) is 33.1 Å². The van der Waals surface area contributed by atoms with Crippen molar-refractivity contribution in [3.05, 3.63) is 39.3 Å². The van der Waals surface area contributed by atoms with E-state index in [1.807, 2.05) is 0 Å². The number of nitrogens with zero attached hydrogens (tertiary/aromatic N) is 13. The molecule has 0 bridgehead atoms. The number of nitrogen functional groups attached to an aromatic ring is 3. The molecule has 5 aromatic heterocycles. The van der Waals surface area contributed by atoms with Crippen molar-refractivity contribution in [2.75, 3.05) is 36.2 Å². The predicted molar refractivity (Wildman–Crippen MR) is 196 cm³/mol. The molecule has 0 fully saturated rings. The van der Waals surface area contributed by atoms with Crippen molar-refractivity contribution in [1.82, 2.24) is 43.6 Å². The van der Waals surface area contributed by atoms with Gasteiger partial charge in [-0.1, -0.05) is 0 Å². The minimum absolute atomic E-state index is 0.00181. The molecule has 288 valence electrons. The highest BCUT2D eigenvalue weighted by Gasteiger charge is 2.27. The molecule has 0 unspecified atom stereocenters. The number of aromatic nitrogens is 9. The third-order valence-electron chi connectivity index (χ3n) is 8.40. The first-order valence-electron chi connectivity index (χ1n) is 16.1. The van der Waals surface area contributed by atoms with Crippen molar-refractivity contribution in [2.24, 2.45) is 34.6 Å². The van der Waals surface area contributed by atoms with Crippen LogP contribution < -0.4 is 22.5 Å². The molecule has 0 aromatic carbocycles. The second kappa shape index (κ2) is 15.3. The molecule has 24 heteroatoms. The normalized spacial score (nSPS) is 11.5. The van der Waals surface area contributed by atoms with Crippen LogP contribution in [0.5, 0.6) is 0 Å². The number of carbonyl (C=O) groups excluding carboxylic acids is 3. The Balaban J connectivity index is 1.53. The highest BCUT2D eigenvalue weighted by Crippen LogP contribution is 2.37. The number of nitrogens with two attached hydrogens (primary N) is 3. The summed E-state index contributed by atoms with van der Waals surface area (Å²) in [5, 5.41) is 45.4. The highest BCUT2D eigenvalue weighted by molar-refractivity contribution is 6.05. The van der Waals surface area contributed by atoms with Crippen molar-refractivity contribution in [1.29, 1.82) is 5.41 Å². The van der Waals surface area contributed by atoms with Gasteiger partial charge in [-0.05, 0) is 33.3 Å². The number of ketones is 1. The number of anilines is 4. The van der Waals surface area contributed by atoms with Crippen LogP contribution in [0.15, 0.2) is 20.5 Å². The fourth-order valence-corrected chi connectivity index (χ4v) is 5.71. The first-order chi connectivity index (χ1) is 26.1. The fourth-order valence-electron chi connectivity index (χ4n) is 5.71. The maximum absolute atomic E-state index is 12.7. The van der Waals surface area contributed by atoms with Crippen molar-refractivity contribution < 1.29 is 29.0 Å². The van der Waals surface area contributed by atoms with Crippen molar-refractivity contribution in [3.8, 4) is 11.9 Å². The molecule has 0 saturated heterocycles. The summed E-state index contributed by atoms with van der Waals surface area (Å²) in [6, 6.07) is 0. The Morgan fingerprint density at radius 3 is 1.84 bits per heavy atom. The molecule has 0 saturated carbocycles. The summed E-state index contributed by atoms with van der Waals surface area (Å²) in [6.45, 7) is 7.03. The number of aryl methyl sites for hydroxylation is 2. The van der Waals surface area contributed by atoms with Gasteiger partial charge in [0.1, 0.15) is 24.6 Å². The van der Waals surface area contributed by atoms with Gasteiger partial charge in [-0.25, -0.2) is 4.79 Å². The lowest BCUT2D eigenvalue weighted by atomic mass is 10.1. The lowest BCUT2D eigenvalue weighted by Crippen LogP contribution is -2.15. The summed E-state index contributed by atoms with van der Waals surface area (Å²) in [6.07, 6.45) is 0.786. The molecule has 0 aliphatic heterocycles. The number of esters is 1. The number of hydrogen-bond acceptors (Lipinski definition) is 19. The Kier molecular flexibility index (Phi) is 10.8. The van der Waals surface area contributed by atoms with Gasteiger partial charge in [-0.3, -0.25) is 15.0 Å². The zero-order chi connectivity index (χ0) is 40.5. The van der Waals surface area contributed by atoms with Crippen LogP contribution in [0.4, 0.5) is 46.4 Å². The minimum Gasteiger partial charge on any atom is -0.477 e. The molecule has 0 aliphatic rings. The number of azo groups is 2. The number of ether oxygens (including phenoxy) is 2. The van der Waals surface area contributed by atoms with Gasteiger partial charge in [0.2, 0.25) is 11.9 Å². The van der Waals surface area contributed by atoms with E-state index in [2.05, 4.69) is 50.9 Å². The van der Waals surface area contributed by atoms with E-state index in [0.717, 1.165) is 15.8 Å². The van der Waals surface area contributed by atoms with E-state index < -0.39 is 18.4 Å². The molecule has 0 radical (unpaired) electrons. The Labute approximate surface area is 311 Å². The number of nitrogens with one attached hydrogen (secondary N) is 2. The average Bonchev–Trinajstić information content (AvgIpc) is 3.76. The van der Waals surface area contributed by atoms with Gasteiger partial charge in [-0.2, -0.15) is 34.5 Å². The molecule has 24 nitrogen and oxygen atoms in total. The molecule has 5 aromatic rings. The summed E-state index contributed by atoms with van der Waals surface area (Å²) >= 11 is 0. The zero-order valence-electron chi connectivity index (χ0n) is 31.0. The topological polar surface area (TPSA) is 337 Å². The smallest absolute Gasteiger partial charge is 0.342 e. The fraction of sp³-hybridized carbons (Fsp3) is 0.323. The lowest BCUT2D eigenvalue weighted by Gasteiger charge is -2.07. The number of hydrogen-bond donors (Lipinski definition) is 6. The third-order valence-corrected chi connectivity index (χ3v) is 8.40. The zero-order valence-corrected chi connectivity index (χ0v) is 31.0. The minimum atomic E-state index is -0.799. The van der Waals surface area contributed by atoms with Crippen LogP contribution in [-0.4, -0.2) is 86.5 Å². The summed E-state index contributed by atoms with van der Waals surface area (Å²) in [4.78, 5) is 50.0. The van der Waals surface area contributed by atoms with Gasteiger partial charge in [0, 0.05) is 26.6 Å². The SMILES string of the molecule is COC(=O)c1c(C)c(COC=N)n(C)c1/N=N/c1c(C)nn(-c2nc(N)nc(-n3nc(C)c(/N=N/c4c(C(=O)CO)c(C)c(NC(C)=O)n4C)c3N)n2)c1N. The molecule has 9 N–H and O–H groups in total. The average molecular weight is 759 g/mol. The third kappa shape index (κ3) is 7.07. The number of rotatable bonds is 13. The molecule has 5 heterocycles. The number of methoxy groups -OCH3 is 1. The van der Waals surface area contributed by atoms with E-state index in [0.29, 0.717) is 28.3 Å². The number of aliphatic hydroxyl groups excluding tert-OH is 1. The number of Topliss-reactive ketones (excluding diaryl/α,β-unsaturated/α-hetero) is 1. The Bertz CT molecular complexity index is 2430. The van der Waals surface area contributed by atoms with E-state index in [1.54, 1.807) is 46.4 Å². The van der Waals surface area contributed by atoms with Crippen LogP contribution in [0.2, 0.25) is 0 Å². The molecule has 0 aliphatic carbocycles. The summed E-state index contributed by atoms with van der Waals surface area (Å²) in [5.41, 5.74) is 21.5. The summed E-state index contributed by atoms with van der Waals surface area (Å²) in [7, 11) is 4.46. The highest BCUT2D eigenvalue weighted by atomic mass is 16.5. The molecule has 0 spiro atoms. The van der Waals surface area contributed by atoms with Gasteiger partial charge in [-0.15, -0.1) is 20.5 Å². The Hall–Kier alpha value is -7.37. The van der Waals surface area contributed by atoms with E-state index in [1.165, 1.54) is 18.6 Å². The molecular weight excluding hydrogens is 720 g/mol. The Morgan fingerprint density at radius 2 is 1.36 bits per heavy atom. The summed E-state index contributed by atoms with van der Waals surface area (Å²) in [5.74, 6) is -1.79. The maximum Gasteiger partial charge on any atom is 0.342 e. The molecule has 0 atom stereocenters. The van der Waals surface area contributed by atoms with Gasteiger partial charge < -0.3 is 46.2 Å². The second-order valence-electron chi connectivity index (χ2n) is 11.9. The first kappa shape index (κ1) is 38.9. The van der Waals surface area contributed by atoms with Gasteiger partial charge >= 0.3 is 5.97 Å². The number of carbonyl (C=O) groups is 3. The number of amides is 1. The standard InChI is InChI=1S/C31H38N18O6/c1-12-17(10-55-11-32)46(6)27(20(12)28(53)54-8)43-41-22-15(4)45-49(24(22)34)31-38-29(35)37-30(39-31)48-23(33)21(14(3)44-48)40-42-26-19(18(52)9-50)13(2)25(47(26)7)36-16(5)51/h11,32,50H,9-10,33-34H2,1-8H3,(H,36,51)(H2,35,37,38,39)/b32-11?,42-40+,43-41+. The predicted octanol–water partition coefficient (Wildman–Crippen LogP) is 2.77. The van der Waals surface area contributed by atoms with Crippen LogP contribution in [0.1, 0.15) is 55.8 Å². The van der Waals surface area contributed by atoms with E-state index in [-0.39, 0.29) is 81.8 Å². The first-order valence-corrected chi connectivity index (χ1v) is 16.1. The molecular formula is C31H38N18O6. The molecule has 1 amide bonds. The van der Waals surface area contributed by atoms with Crippen molar-refractivity contribution >= 4 is 70.5 Å². The Morgan fingerprint density at radius 1 is 0.836 bits per heavy atom. The maximum atomic E-state index is 12.7. The van der Waals surface area contributed by atoms with Crippen molar-refractivity contribution in [2.45, 2.75) is 41.2 Å². The molecule has 55 heavy (non-hydrogen) atoms. The molecule has 5 rings (SSSR count). The van der Waals surface area contributed by atoms with Crippen LogP contribution >= 0.6 is 0 Å². The quantitative estimate of drug-likeness (QED) is 0.0331. The van der Waals surface area contributed by atoms with E-state index in [4.69, 9.17) is 32.1 Å². The van der Waals surface area contributed by atoms with Crippen LogP contribution in [-0.2, 0) is 35.0 Å². The van der Waals surface area contributed by atoms with E-state index in [9.17, 15) is 19.5 Å². The van der Waals surface area contributed by atoms with Gasteiger partial charge in [0.05, 0.1) is 29.8 Å². The van der Waals surface area contributed by atoms with Gasteiger partial charge in [0.25, 0.3) is 11.9 Å². The van der Waals surface area contributed by atoms with Crippen molar-refractivity contribution in [3.63, 3.8) is 0 Å². The monoisotopic (exact) mass is 758 g/mol. The van der Waals surface area contributed by atoms with E-state index >= 15 is 0 Å². The van der Waals surface area contributed by atoms with Gasteiger partial charge in [0.15, 0.2) is 46.8 Å².